The van der Waals surface area contributed by atoms with E-state index in [1.807, 2.05) is 6.08 Å². The Balaban J connectivity index is 2.58. The maximum absolute atomic E-state index is 13.0. The van der Waals surface area contributed by atoms with Gasteiger partial charge in [0, 0.05) is 6.04 Å². The van der Waals surface area contributed by atoms with Crippen molar-refractivity contribution in [1.29, 1.82) is 0 Å². The molecule has 0 spiro atoms. The summed E-state index contributed by atoms with van der Waals surface area (Å²) in [6, 6.07) is 5.35. The van der Waals surface area contributed by atoms with Crippen molar-refractivity contribution in [2.75, 3.05) is 6.54 Å². The molecule has 16 heavy (non-hydrogen) atoms. The number of nitrogens with one attached hydrogen (secondary N) is 1. The van der Waals surface area contributed by atoms with E-state index in [1.165, 1.54) is 6.07 Å². The molecule has 0 saturated carbocycles. The van der Waals surface area contributed by atoms with Crippen molar-refractivity contribution < 1.29 is 4.39 Å². The van der Waals surface area contributed by atoms with E-state index in [4.69, 9.17) is 0 Å². The smallest absolute Gasteiger partial charge is 0.137 e. The molecule has 0 radical (unpaired) electrons. The summed E-state index contributed by atoms with van der Waals surface area (Å²) in [5.74, 6) is -0.227. The summed E-state index contributed by atoms with van der Waals surface area (Å²) in [6.45, 7) is 5.25. The van der Waals surface area contributed by atoms with Gasteiger partial charge in [-0.2, -0.15) is 0 Å². The van der Waals surface area contributed by atoms with Gasteiger partial charge in [-0.25, -0.2) is 4.39 Å². The summed E-state index contributed by atoms with van der Waals surface area (Å²) < 4.78 is 13.5. The maximum Gasteiger partial charge on any atom is 0.137 e. The van der Waals surface area contributed by atoms with Crippen LogP contribution in [0.2, 0.25) is 0 Å². The second-order valence-electron chi connectivity index (χ2n) is 3.78. The van der Waals surface area contributed by atoms with Crippen LogP contribution in [0, 0.1) is 5.82 Å². The first-order valence-corrected chi connectivity index (χ1v) is 6.29. The lowest BCUT2D eigenvalue weighted by molar-refractivity contribution is 0.621. The van der Waals surface area contributed by atoms with Gasteiger partial charge in [-0.15, -0.1) is 0 Å². The number of rotatable bonds is 5. The summed E-state index contributed by atoms with van der Waals surface area (Å²) in [4.78, 5) is 0. The van der Waals surface area contributed by atoms with E-state index < -0.39 is 0 Å². The molecule has 0 aliphatic rings. The van der Waals surface area contributed by atoms with E-state index in [9.17, 15) is 4.39 Å². The zero-order valence-corrected chi connectivity index (χ0v) is 11.2. The van der Waals surface area contributed by atoms with Gasteiger partial charge in [0.2, 0.25) is 0 Å². The third kappa shape index (κ3) is 4.45. The average Bonchev–Trinajstić information content (AvgIpc) is 2.28. The molecule has 88 valence electrons. The molecule has 1 atom stereocenters. The molecule has 0 heterocycles. The molecule has 0 aromatic heterocycles. The highest BCUT2D eigenvalue weighted by atomic mass is 79.9. The number of halogens is 2. The molecule has 0 saturated heterocycles. The number of hydrogen-bond donors (Lipinski definition) is 1. The second-order valence-corrected chi connectivity index (χ2v) is 4.63. The van der Waals surface area contributed by atoms with Gasteiger partial charge in [-0.1, -0.05) is 25.1 Å². The molecule has 0 fully saturated rings. The molecule has 0 aliphatic heterocycles. The molecule has 1 rings (SSSR count). The van der Waals surface area contributed by atoms with E-state index in [2.05, 4.69) is 41.2 Å². The second kappa shape index (κ2) is 6.81. The van der Waals surface area contributed by atoms with Crippen LogP contribution >= 0.6 is 15.9 Å². The fourth-order valence-electron chi connectivity index (χ4n) is 1.31. The van der Waals surface area contributed by atoms with Crippen LogP contribution in [0.1, 0.15) is 25.8 Å². The van der Waals surface area contributed by atoms with Gasteiger partial charge in [0.25, 0.3) is 0 Å². The number of hydrogen-bond acceptors (Lipinski definition) is 1. The summed E-state index contributed by atoms with van der Waals surface area (Å²) >= 11 is 3.17. The summed E-state index contributed by atoms with van der Waals surface area (Å²) in [7, 11) is 0. The van der Waals surface area contributed by atoms with Gasteiger partial charge in [0.15, 0.2) is 0 Å². The normalized spacial score (nSPS) is 13.2. The molecule has 1 N–H and O–H groups in total. The largest absolute Gasteiger partial charge is 0.311 e. The lowest BCUT2D eigenvalue weighted by Gasteiger charge is -2.07. The SMILES string of the molecule is CCCNC(C)/C=C/c1ccc(F)c(Br)c1. The zero-order chi connectivity index (χ0) is 12.0. The van der Waals surface area contributed by atoms with Crippen molar-refractivity contribution in [2.45, 2.75) is 26.3 Å². The lowest BCUT2D eigenvalue weighted by atomic mass is 10.2. The number of benzene rings is 1. The Bertz CT molecular complexity index is 363. The molecule has 1 nitrogen and oxygen atoms in total. The standard InChI is InChI=1S/C13H17BrFN/c1-3-8-16-10(2)4-5-11-6-7-13(15)12(14)9-11/h4-7,9-10,16H,3,8H2,1-2H3/b5-4+. The van der Waals surface area contributed by atoms with Crippen LogP contribution in [-0.4, -0.2) is 12.6 Å². The van der Waals surface area contributed by atoms with Gasteiger partial charge in [-0.05, 0) is 53.5 Å². The predicted octanol–water partition coefficient (Wildman–Crippen LogP) is 3.99. The highest BCUT2D eigenvalue weighted by Crippen LogP contribution is 2.17. The van der Waals surface area contributed by atoms with Gasteiger partial charge in [-0.3, -0.25) is 0 Å². The minimum Gasteiger partial charge on any atom is -0.311 e. The van der Waals surface area contributed by atoms with E-state index in [-0.39, 0.29) is 5.82 Å². The van der Waals surface area contributed by atoms with Crippen LogP contribution in [0.25, 0.3) is 6.08 Å². The average molecular weight is 286 g/mol. The Morgan fingerprint density at radius 2 is 2.25 bits per heavy atom. The lowest BCUT2D eigenvalue weighted by Crippen LogP contribution is -2.24. The topological polar surface area (TPSA) is 12.0 Å². The Labute approximate surface area is 105 Å². The van der Waals surface area contributed by atoms with E-state index in [1.54, 1.807) is 12.1 Å². The van der Waals surface area contributed by atoms with E-state index >= 15 is 0 Å². The maximum atomic E-state index is 13.0. The van der Waals surface area contributed by atoms with Crippen LogP contribution < -0.4 is 5.32 Å². The minimum atomic E-state index is -0.227. The van der Waals surface area contributed by atoms with Crippen LogP contribution in [-0.2, 0) is 0 Å². The highest BCUT2D eigenvalue weighted by molar-refractivity contribution is 9.10. The fourth-order valence-corrected chi connectivity index (χ4v) is 1.71. The first kappa shape index (κ1) is 13.4. The van der Waals surface area contributed by atoms with Crippen molar-refractivity contribution in [2.24, 2.45) is 0 Å². The molecule has 3 heteroatoms. The Morgan fingerprint density at radius 3 is 2.88 bits per heavy atom. The van der Waals surface area contributed by atoms with E-state index in [0.717, 1.165) is 18.5 Å². The van der Waals surface area contributed by atoms with Crippen molar-refractivity contribution in [3.63, 3.8) is 0 Å². The quantitative estimate of drug-likeness (QED) is 0.863. The minimum absolute atomic E-state index is 0.227. The van der Waals surface area contributed by atoms with Gasteiger partial charge in [0.1, 0.15) is 5.82 Å². The molecule has 1 unspecified atom stereocenters. The summed E-state index contributed by atoms with van der Waals surface area (Å²) in [6.07, 6.45) is 5.20. The van der Waals surface area contributed by atoms with Crippen molar-refractivity contribution in [1.82, 2.24) is 5.32 Å². The Morgan fingerprint density at radius 1 is 1.50 bits per heavy atom. The molecule has 1 aromatic rings. The van der Waals surface area contributed by atoms with Crippen molar-refractivity contribution in [3.05, 3.63) is 40.1 Å². The van der Waals surface area contributed by atoms with Crippen LogP contribution in [0.4, 0.5) is 4.39 Å². The Hall–Kier alpha value is -0.670. The van der Waals surface area contributed by atoms with E-state index in [0.29, 0.717) is 10.5 Å². The van der Waals surface area contributed by atoms with Crippen molar-refractivity contribution in [3.8, 4) is 0 Å². The monoisotopic (exact) mass is 285 g/mol. The Kier molecular flexibility index (Phi) is 5.71. The van der Waals surface area contributed by atoms with Gasteiger partial charge >= 0.3 is 0 Å². The van der Waals surface area contributed by atoms with Crippen LogP contribution in [0.3, 0.4) is 0 Å². The van der Waals surface area contributed by atoms with Crippen LogP contribution in [0.5, 0.6) is 0 Å². The summed E-state index contributed by atoms with van der Waals surface area (Å²) in [5.41, 5.74) is 0.999. The van der Waals surface area contributed by atoms with Gasteiger partial charge in [0.05, 0.1) is 4.47 Å². The molecular weight excluding hydrogens is 269 g/mol. The molecular formula is C13H17BrFN. The molecule has 0 amide bonds. The highest BCUT2D eigenvalue weighted by Gasteiger charge is 1.98. The molecule has 1 aromatic carbocycles. The van der Waals surface area contributed by atoms with Gasteiger partial charge < -0.3 is 5.32 Å². The molecule has 0 aliphatic carbocycles. The molecule has 0 bridgehead atoms. The summed E-state index contributed by atoms with van der Waals surface area (Å²) in [5, 5.41) is 3.36. The van der Waals surface area contributed by atoms with Crippen molar-refractivity contribution >= 4 is 22.0 Å². The fraction of sp³-hybridized carbons (Fsp3) is 0.385. The predicted molar refractivity (Wildman–Crippen MR) is 70.9 cm³/mol. The third-order valence-corrected chi connectivity index (χ3v) is 2.85. The van der Waals surface area contributed by atoms with Crippen LogP contribution in [0.15, 0.2) is 28.7 Å². The third-order valence-electron chi connectivity index (χ3n) is 2.24. The first-order valence-electron chi connectivity index (χ1n) is 5.50. The zero-order valence-electron chi connectivity index (χ0n) is 9.63. The first-order chi connectivity index (χ1) is 7.63.